The second-order valence-corrected chi connectivity index (χ2v) is 4.15. The van der Waals surface area contributed by atoms with Crippen LogP contribution in [0, 0.1) is 10.1 Å². The molecule has 5 nitrogen and oxygen atoms in total. The van der Waals surface area contributed by atoms with Gasteiger partial charge in [0.2, 0.25) is 0 Å². The number of anilines is 1. The molecular formula is C12H14N2O3. The smallest absolute Gasteiger partial charge is 0.269 e. The first-order valence-corrected chi connectivity index (χ1v) is 5.38. The van der Waals surface area contributed by atoms with Gasteiger partial charge in [0.25, 0.3) is 5.69 Å². The molecule has 0 amide bonds. The van der Waals surface area contributed by atoms with E-state index in [4.69, 9.17) is 4.84 Å². The average Bonchev–Trinajstić information content (AvgIpc) is 2.33. The molecule has 17 heavy (non-hydrogen) atoms. The summed E-state index contributed by atoms with van der Waals surface area (Å²) in [5.74, 6) is 0. The molecule has 0 bridgehead atoms. The van der Waals surface area contributed by atoms with Gasteiger partial charge < -0.3 is 0 Å². The van der Waals surface area contributed by atoms with Crippen LogP contribution in [0.2, 0.25) is 0 Å². The molecule has 0 aromatic heterocycles. The second kappa shape index (κ2) is 4.55. The number of non-ortho nitro benzene ring substituents is 1. The molecule has 1 aromatic rings. The molecule has 0 saturated heterocycles. The largest absolute Gasteiger partial charge is 0.271 e. The van der Waals surface area contributed by atoms with Gasteiger partial charge in [0.15, 0.2) is 0 Å². The number of rotatable bonds is 2. The number of nitrogens with zero attached hydrogens (tertiary/aromatic N) is 2. The lowest BCUT2D eigenvalue weighted by Gasteiger charge is -2.29. The molecule has 1 aromatic carbocycles. The van der Waals surface area contributed by atoms with Gasteiger partial charge in [-0.2, -0.15) is 0 Å². The quantitative estimate of drug-likeness (QED) is 0.448. The highest BCUT2D eigenvalue weighted by Gasteiger charge is 2.17. The van der Waals surface area contributed by atoms with Crippen molar-refractivity contribution in [3.63, 3.8) is 0 Å². The van der Waals surface area contributed by atoms with Gasteiger partial charge in [-0.25, -0.2) is 5.06 Å². The van der Waals surface area contributed by atoms with E-state index < -0.39 is 4.92 Å². The summed E-state index contributed by atoms with van der Waals surface area (Å²) in [6.45, 7) is 5.25. The van der Waals surface area contributed by atoms with E-state index in [1.54, 1.807) is 17.2 Å². The summed E-state index contributed by atoms with van der Waals surface area (Å²) in [7, 11) is 0. The van der Waals surface area contributed by atoms with Crippen LogP contribution in [0.25, 0.3) is 0 Å². The van der Waals surface area contributed by atoms with Gasteiger partial charge in [0.05, 0.1) is 23.8 Å². The summed E-state index contributed by atoms with van der Waals surface area (Å²) < 4.78 is 0. The molecule has 0 spiro atoms. The fourth-order valence-corrected chi connectivity index (χ4v) is 1.62. The van der Waals surface area contributed by atoms with Crippen molar-refractivity contribution in [1.29, 1.82) is 0 Å². The van der Waals surface area contributed by atoms with Gasteiger partial charge in [-0.3, -0.25) is 15.0 Å². The van der Waals surface area contributed by atoms with Crippen LogP contribution in [0.15, 0.2) is 35.4 Å². The van der Waals surface area contributed by atoms with Crippen LogP contribution in [-0.2, 0) is 4.84 Å². The van der Waals surface area contributed by atoms with E-state index in [9.17, 15) is 10.1 Å². The van der Waals surface area contributed by atoms with Crippen LogP contribution in [0.1, 0.15) is 13.8 Å². The number of nitro groups is 1. The zero-order chi connectivity index (χ0) is 12.4. The zero-order valence-electron chi connectivity index (χ0n) is 9.84. The molecule has 0 fully saturated rings. The number of hydroxylamine groups is 1. The van der Waals surface area contributed by atoms with Crippen molar-refractivity contribution in [3.8, 4) is 0 Å². The maximum atomic E-state index is 10.7. The summed E-state index contributed by atoms with van der Waals surface area (Å²) in [5, 5.41) is 12.4. The van der Waals surface area contributed by atoms with Crippen LogP contribution >= 0.6 is 0 Å². The first kappa shape index (κ1) is 11.6. The van der Waals surface area contributed by atoms with E-state index in [1.165, 1.54) is 23.3 Å². The van der Waals surface area contributed by atoms with Crippen LogP contribution in [-0.4, -0.2) is 18.1 Å². The van der Waals surface area contributed by atoms with Crippen molar-refractivity contribution in [1.82, 2.24) is 0 Å². The minimum absolute atomic E-state index is 0.0787. The first-order valence-electron chi connectivity index (χ1n) is 5.38. The third kappa shape index (κ3) is 2.45. The topological polar surface area (TPSA) is 55.6 Å². The Kier molecular flexibility index (Phi) is 3.10. The third-order valence-electron chi connectivity index (χ3n) is 2.87. The van der Waals surface area contributed by atoms with E-state index in [0.29, 0.717) is 18.8 Å². The lowest BCUT2D eigenvalue weighted by atomic mass is 10.1. The lowest BCUT2D eigenvalue weighted by molar-refractivity contribution is -0.384. The molecule has 0 atom stereocenters. The van der Waals surface area contributed by atoms with Crippen molar-refractivity contribution >= 4 is 11.4 Å². The summed E-state index contributed by atoms with van der Waals surface area (Å²) in [5.41, 5.74) is 3.25. The third-order valence-corrected chi connectivity index (χ3v) is 2.87. The number of hydrogen-bond donors (Lipinski definition) is 0. The Morgan fingerprint density at radius 1 is 1.35 bits per heavy atom. The Morgan fingerprint density at radius 2 is 2.12 bits per heavy atom. The molecular weight excluding hydrogens is 220 g/mol. The van der Waals surface area contributed by atoms with E-state index in [2.05, 4.69) is 0 Å². The zero-order valence-corrected chi connectivity index (χ0v) is 9.84. The Morgan fingerprint density at radius 3 is 2.76 bits per heavy atom. The van der Waals surface area contributed by atoms with Crippen molar-refractivity contribution in [2.24, 2.45) is 0 Å². The molecule has 2 rings (SSSR count). The molecule has 1 aliphatic heterocycles. The van der Waals surface area contributed by atoms with Gasteiger partial charge in [-0.1, -0.05) is 11.6 Å². The maximum Gasteiger partial charge on any atom is 0.271 e. The number of hydrogen-bond acceptors (Lipinski definition) is 4. The number of nitro benzene ring substituents is 1. The van der Waals surface area contributed by atoms with E-state index in [1.807, 2.05) is 13.8 Å². The predicted molar refractivity (Wildman–Crippen MR) is 64.8 cm³/mol. The number of benzene rings is 1. The van der Waals surface area contributed by atoms with Crippen molar-refractivity contribution in [2.75, 3.05) is 18.2 Å². The van der Waals surface area contributed by atoms with E-state index >= 15 is 0 Å². The Bertz CT molecular complexity index is 482. The predicted octanol–water partition coefficient (Wildman–Crippen LogP) is 2.68. The molecule has 0 aliphatic carbocycles. The molecule has 0 unspecified atom stereocenters. The van der Waals surface area contributed by atoms with E-state index in [0.717, 1.165) is 0 Å². The Balaban J connectivity index is 2.24. The maximum absolute atomic E-state index is 10.7. The minimum Gasteiger partial charge on any atom is -0.269 e. The summed E-state index contributed by atoms with van der Waals surface area (Å²) in [6.07, 6.45) is 0. The van der Waals surface area contributed by atoms with Crippen LogP contribution in [0.4, 0.5) is 11.4 Å². The molecule has 1 aliphatic rings. The van der Waals surface area contributed by atoms with Gasteiger partial charge in [-0.15, -0.1) is 0 Å². The molecule has 0 saturated carbocycles. The van der Waals surface area contributed by atoms with Gasteiger partial charge in [-0.05, 0) is 25.5 Å². The second-order valence-electron chi connectivity index (χ2n) is 4.15. The Hall–Kier alpha value is -1.88. The first-order chi connectivity index (χ1) is 8.08. The lowest BCUT2D eigenvalue weighted by Crippen LogP contribution is -2.31. The van der Waals surface area contributed by atoms with Crippen molar-refractivity contribution in [3.05, 3.63) is 45.5 Å². The van der Waals surface area contributed by atoms with Crippen LogP contribution in [0.3, 0.4) is 0 Å². The standard InChI is InChI=1S/C12H14N2O3/c1-9-7-13(17-8-10(9)2)11-4-3-5-12(6-11)14(15)16/h3-6H,7-8H2,1-2H3. The van der Waals surface area contributed by atoms with Gasteiger partial charge in [0.1, 0.15) is 0 Å². The Labute approximate surface area is 99.4 Å². The molecule has 0 N–H and O–H groups in total. The average molecular weight is 234 g/mol. The fraction of sp³-hybridized carbons (Fsp3) is 0.333. The normalized spacial score (nSPS) is 16.2. The summed E-state index contributed by atoms with van der Waals surface area (Å²) in [4.78, 5) is 15.8. The highest BCUT2D eigenvalue weighted by molar-refractivity contribution is 5.52. The van der Waals surface area contributed by atoms with Gasteiger partial charge in [0, 0.05) is 12.1 Å². The minimum atomic E-state index is -0.401. The van der Waals surface area contributed by atoms with Crippen LogP contribution in [0.5, 0.6) is 0 Å². The molecule has 90 valence electrons. The molecule has 0 radical (unpaired) electrons. The summed E-state index contributed by atoms with van der Waals surface area (Å²) >= 11 is 0. The van der Waals surface area contributed by atoms with Crippen LogP contribution < -0.4 is 5.06 Å². The monoisotopic (exact) mass is 234 g/mol. The summed E-state index contributed by atoms with van der Waals surface area (Å²) in [6, 6.07) is 6.47. The molecule has 1 heterocycles. The van der Waals surface area contributed by atoms with E-state index in [-0.39, 0.29) is 5.69 Å². The van der Waals surface area contributed by atoms with Gasteiger partial charge >= 0.3 is 0 Å². The fourth-order valence-electron chi connectivity index (χ4n) is 1.62. The van der Waals surface area contributed by atoms with Crippen molar-refractivity contribution in [2.45, 2.75) is 13.8 Å². The van der Waals surface area contributed by atoms with Crippen molar-refractivity contribution < 1.29 is 9.76 Å². The SMILES string of the molecule is CC1=C(C)CN(c2cccc([N+](=O)[O-])c2)OC1. The highest BCUT2D eigenvalue weighted by Crippen LogP contribution is 2.25. The molecule has 5 heteroatoms. The highest BCUT2D eigenvalue weighted by atomic mass is 16.7.